The molecule has 0 atom stereocenters. The van der Waals surface area contributed by atoms with Crippen LogP contribution in [0.4, 0.5) is 0 Å². The van der Waals surface area contributed by atoms with Gasteiger partial charge in [-0.1, -0.05) is 12.1 Å². The Morgan fingerprint density at radius 1 is 0.762 bits per heavy atom. The van der Waals surface area contributed by atoms with Crippen molar-refractivity contribution in [2.24, 2.45) is 0 Å². The van der Waals surface area contributed by atoms with Gasteiger partial charge in [-0.25, -0.2) is 9.97 Å². The van der Waals surface area contributed by atoms with E-state index in [2.05, 4.69) is 44.2 Å². The summed E-state index contributed by atoms with van der Waals surface area (Å²) in [5.74, 6) is 0. The summed E-state index contributed by atoms with van der Waals surface area (Å²) in [6.45, 7) is 0. The standard InChI is InChI=1S/C17H10N4/c1-3-10-7-13-12(8-14(10)18-5-1)11-4-2-6-19-15(11)17-16(13)20-9-21-17/h1-9,18H. The van der Waals surface area contributed by atoms with Gasteiger partial charge in [0.25, 0.3) is 0 Å². The maximum atomic E-state index is 4.50. The molecule has 0 bridgehead atoms. The predicted octanol–water partition coefficient (Wildman–Crippen LogP) is 3.81. The molecular weight excluding hydrogens is 260 g/mol. The lowest BCUT2D eigenvalue weighted by Gasteiger charge is -2.07. The number of fused-ring (bicyclic) bond motifs is 7. The molecule has 0 radical (unpaired) electrons. The first kappa shape index (κ1) is 10.7. The zero-order valence-electron chi connectivity index (χ0n) is 11.0. The molecule has 0 spiro atoms. The molecule has 1 N–H and O–H groups in total. The van der Waals surface area contributed by atoms with Gasteiger partial charge in [-0.3, -0.25) is 4.98 Å². The Kier molecular flexibility index (Phi) is 1.92. The first-order chi connectivity index (χ1) is 10.4. The summed E-state index contributed by atoms with van der Waals surface area (Å²) >= 11 is 0. The van der Waals surface area contributed by atoms with Gasteiger partial charge in [0.1, 0.15) is 17.4 Å². The first-order valence-corrected chi connectivity index (χ1v) is 6.80. The lowest BCUT2D eigenvalue weighted by molar-refractivity contribution is 1.34. The molecule has 0 aliphatic heterocycles. The van der Waals surface area contributed by atoms with Gasteiger partial charge in [-0.05, 0) is 35.0 Å². The second-order valence-corrected chi connectivity index (χ2v) is 5.13. The van der Waals surface area contributed by atoms with E-state index in [4.69, 9.17) is 0 Å². The monoisotopic (exact) mass is 270 g/mol. The van der Waals surface area contributed by atoms with Gasteiger partial charge in [-0.15, -0.1) is 0 Å². The summed E-state index contributed by atoms with van der Waals surface area (Å²) in [5.41, 5.74) is 3.81. The Morgan fingerprint density at radius 2 is 1.67 bits per heavy atom. The van der Waals surface area contributed by atoms with E-state index in [-0.39, 0.29) is 0 Å². The van der Waals surface area contributed by atoms with Crippen LogP contribution in [-0.2, 0) is 0 Å². The fraction of sp³-hybridized carbons (Fsp3) is 0. The molecule has 0 fully saturated rings. The third-order valence-corrected chi connectivity index (χ3v) is 3.98. The van der Waals surface area contributed by atoms with Crippen LogP contribution in [0.3, 0.4) is 0 Å². The number of hydrogen-bond acceptors (Lipinski definition) is 3. The minimum absolute atomic E-state index is 0.873. The fourth-order valence-electron chi connectivity index (χ4n) is 3.04. The molecule has 2 aromatic carbocycles. The summed E-state index contributed by atoms with van der Waals surface area (Å²) in [6.07, 6.45) is 5.35. The van der Waals surface area contributed by atoms with Crippen LogP contribution in [0.25, 0.3) is 43.6 Å². The molecule has 5 rings (SSSR count). The van der Waals surface area contributed by atoms with Gasteiger partial charge in [0.15, 0.2) is 0 Å². The average Bonchev–Trinajstić information content (AvgIpc) is 3.03. The van der Waals surface area contributed by atoms with Crippen molar-refractivity contribution in [2.75, 3.05) is 0 Å². The second kappa shape index (κ2) is 3.76. The second-order valence-electron chi connectivity index (χ2n) is 5.13. The third kappa shape index (κ3) is 1.36. The van der Waals surface area contributed by atoms with E-state index >= 15 is 0 Å². The number of nitrogens with zero attached hydrogens (tertiary/aromatic N) is 3. The van der Waals surface area contributed by atoms with Crippen molar-refractivity contribution in [1.29, 1.82) is 0 Å². The number of imidazole rings is 1. The minimum Gasteiger partial charge on any atom is -0.361 e. The molecule has 0 amide bonds. The maximum Gasteiger partial charge on any atom is 0.117 e. The number of aromatic nitrogens is 4. The summed E-state index contributed by atoms with van der Waals surface area (Å²) in [5, 5.41) is 4.55. The topological polar surface area (TPSA) is 54.5 Å². The molecule has 4 heteroatoms. The van der Waals surface area contributed by atoms with Crippen LogP contribution in [0.5, 0.6) is 0 Å². The van der Waals surface area contributed by atoms with Gasteiger partial charge in [0, 0.05) is 28.7 Å². The maximum absolute atomic E-state index is 4.50. The zero-order chi connectivity index (χ0) is 13.8. The fourth-order valence-corrected chi connectivity index (χ4v) is 3.04. The number of hydrogen-bond donors (Lipinski definition) is 1. The molecule has 3 heterocycles. The van der Waals surface area contributed by atoms with Crippen LogP contribution < -0.4 is 0 Å². The van der Waals surface area contributed by atoms with E-state index in [1.807, 2.05) is 18.3 Å². The average molecular weight is 270 g/mol. The zero-order valence-corrected chi connectivity index (χ0v) is 11.0. The van der Waals surface area contributed by atoms with Crippen LogP contribution in [0.1, 0.15) is 0 Å². The van der Waals surface area contributed by atoms with Crippen molar-refractivity contribution in [2.45, 2.75) is 0 Å². The highest BCUT2D eigenvalue weighted by molar-refractivity contribution is 6.23. The Balaban J connectivity index is 2.18. The molecule has 0 unspecified atom stereocenters. The molecule has 21 heavy (non-hydrogen) atoms. The predicted molar refractivity (Wildman–Crippen MR) is 84.2 cm³/mol. The van der Waals surface area contributed by atoms with Crippen molar-refractivity contribution in [3.8, 4) is 0 Å². The van der Waals surface area contributed by atoms with Gasteiger partial charge < -0.3 is 4.98 Å². The number of rotatable bonds is 0. The van der Waals surface area contributed by atoms with Crippen LogP contribution >= 0.6 is 0 Å². The van der Waals surface area contributed by atoms with Crippen LogP contribution in [0.2, 0.25) is 0 Å². The normalized spacial score (nSPS) is 11.8. The van der Waals surface area contributed by atoms with Crippen molar-refractivity contribution < 1.29 is 0 Å². The van der Waals surface area contributed by atoms with Crippen LogP contribution in [0.15, 0.2) is 55.1 Å². The largest absolute Gasteiger partial charge is 0.361 e. The highest BCUT2D eigenvalue weighted by Gasteiger charge is 2.12. The van der Waals surface area contributed by atoms with Gasteiger partial charge in [0.2, 0.25) is 0 Å². The van der Waals surface area contributed by atoms with Crippen molar-refractivity contribution in [3.63, 3.8) is 0 Å². The molecule has 0 saturated carbocycles. The minimum atomic E-state index is 0.873. The molecule has 98 valence electrons. The summed E-state index contributed by atoms with van der Waals surface area (Å²) < 4.78 is 0. The van der Waals surface area contributed by atoms with E-state index < -0.39 is 0 Å². The summed E-state index contributed by atoms with van der Waals surface area (Å²) in [4.78, 5) is 16.6. The van der Waals surface area contributed by atoms with Gasteiger partial charge in [0.05, 0.1) is 5.52 Å². The summed E-state index contributed by atoms with van der Waals surface area (Å²) in [7, 11) is 0. The van der Waals surface area contributed by atoms with E-state index in [0.29, 0.717) is 0 Å². The SMILES string of the molecule is c1c[nH]c2cc3c4cccnc4c4ncnc4c3cc2c1. The third-order valence-electron chi connectivity index (χ3n) is 3.98. The van der Waals surface area contributed by atoms with E-state index in [1.165, 1.54) is 0 Å². The molecular formula is C17H10N4. The molecule has 0 aliphatic carbocycles. The van der Waals surface area contributed by atoms with Crippen molar-refractivity contribution in [3.05, 3.63) is 55.1 Å². The first-order valence-electron chi connectivity index (χ1n) is 6.80. The highest BCUT2D eigenvalue weighted by Crippen LogP contribution is 2.33. The Morgan fingerprint density at radius 3 is 2.67 bits per heavy atom. The molecule has 0 aliphatic rings. The van der Waals surface area contributed by atoms with E-state index in [0.717, 1.165) is 43.6 Å². The summed E-state index contributed by atoms with van der Waals surface area (Å²) in [6, 6.07) is 12.5. The number of nitrogens with one attached hydrogen (secondary N) is 1. The molecule has 3 aromatic heterocycles. The number of benzene rings is 2. The quantitative estimate of drug-likeness (QED) is 0.344. The van der Waals surface area contributed by atoms with E-state index in [1.54, 1.807) is 12.5 Å². The molecule has 5 aromatic rings. The lowest BCUT2D eigenvalue weighted by Crippen LogP contribution is -1.86. The Bertz CT molecular complexity index is 1140. The smallest absolute Gasteiger partial charge is 0.117 e. The Hall–Kier alpha value is -3.01. The van der Waals surface area contributed by atoms with E-state index in [9.17, 15) is 0 Å². The van der Waals surface area contributed by atoms with Crippen molar-refractivity contribution in [1.82, 2.24) is 19.9 Å². The van der Waals surface area contributed by atoms with Gasteiger partial charge in [-0.2, -0.15) is 0 Å². The Labute approximate surface area is 119 Å². The number of H-pyrrole nitrogens is 1. The number of aromatic amines is 1. The van der Waals surface area contributed by atoms with Crippen LogP contribution in [0, 0.1) is 0 Å². The number of pyridine rings is 2. The van der Waals surface area contributed by atoms with Crippen LogP contribution in [-0.4, -0.2) is 19.9 Å². The lowest BCUT2D eigenvalue weighted by atomic mass is 10.0. The molecule has 0 saturated heterocycles. The highest BCUT2D eigenvalue weighted by atomic mass is 14.9. The van der Waals surface area contributed by atoms with Crippen molar-refractivity contribution >= 4 is 43.6 Å². The van der Waals surface area contributed by atoms with Gasteiger partial charge >= 0.3 is 0 Å². The molecule has 4 nitrogen and oxygen atoms in total.